The third-order valence-electron chi connectivity index (χ3n) is 3.46. The van der Waals surface area contributed by atoms with E-state index in [4.69, 9.17) is 5.73 Å². The standard InChI is InChI=1S/C11H20N4O2S/c1-4-5-8-6-9(8)14-18(16,17)10-7(2)15(3)13-11(10)12/h8-9,14H,4-6H2,1-3H3,(H2,12,13). The Balaban J connectivity index is 2.17. The van der Waals surface area contributed by atoms with Crippen LogP contribution in [0.1, 0.15) is 31.9 Å². The van der Waals surface area contributed by atoms with Gasteiger partial charge in [0.05, 0.1) is 5.69 Å². The quantitative estimate of drug-likeness (QED) is 0.828. The summed E-state index contributed by atoms with van der Waals surface area (Å²) in [6.45, 7) is 3.81. The Hall–Kier alpha value is -1.08. The molecule has 2 rings (SSSR count). The average molecular weight is 272 g/mol. The van der Waals surface area contributed by atoms with Crippen molar-refractivity contribution in [2.75, 3.05) is 5.73 Å². The predicted octanol–water partition coefficient (Wildman–Crippen LogP) is 0.778. The topological polar surface area (TPSA) is 90.0 Å². The van der Waals surface area contributed by atoms with Crippen LogP contribution in [-0.2, 0) is 17.1 Å². The zero-order chi connectivity index (χ0) is 13.5. The van der Waals surface area contributed by atoms with E-state index in [1.807, 2.05) is 0 Å². The van der Waals surface area contributed by atoms with Gasteiger partial charge in [0.25, 0.3) is 0 Å². The van der Waals surface area contributed by atoms with Crippen molar-refractivity contribution >= 4 is 15.8 Å². The van der Waals surface area contributed by atoms with Crippen LogP contribution in [0.5, 0.6) is 0 Å². The molecule has 1 saturated carbocycles. The second kappa shape index (κ2) is 4.55. The summed E-state index contributed by atoms with van der Waals surface area (Å²) in [5, 5.41) is 3.94. The van der Waals surface area contributed by atoms with E-state index < -0.39 is 10.0 Å². The maximum Gasteiger partial charge on any atom is 0.246 e. The zero-order valence-corrected chi connectivity index (χ0v) is 11.8. The normalized spacial score (nSPS) is 23.3. The van der Waals surface area contributed by atoms with Gasteiger partial charge in [-0.2, -0.15) is 5.10 Å². The Morgan fingerprint density at radius 1 is 1.56 bits per heavy atom. The van der Waals surface area contributed by atoms with Crippen LogP contribution in [0, 0.1) is 12.8 Å². The number of nitrogen functional groups attached to an aromatic ring is 1. The van der Waals surface area contributed by atoms with E-state index in [2.05, 4.69) is 16.7 Å². The highest BCUT2D eigenvalue weighted by atomic mass is 32.2. The summed E-state index contributed by atoms with van der Waals surface area (Å²) in [4.78, 5) is 0.118. The highest BCUT2D eigenvalue weighted by Crippen LogP contribution is 2.36. The Labute approximate surface area is 108 Å². The van der Waals surface area contributed by atoms with Crippen LogP contribution < -0.4 is 10.5 Å². The van der Waals surface area contributed by atoms with Gasteiger partial charge in [-0.25, -0.2) is 13.1 Å². The summed E-state index contributed by atoms with van der Waals surface area (Å²) in [7, 11) is -1.86. The molecule has 1 fully saturated rings. The summed E-state index contributed by atoms with van der Waals surface area (Å²) in [5.41, 5.74) is 6.23. The van der Waals surface area contributed by atoms with Gasteiger partial charge in [0.2, 0.25) is 10.0 Å². The van der Waals surface area contributed by atoms with Crippen LogP contribution in [0.3, 0.4) is 0 Å². The van der Waals surface area contributed by atoms with E-state index in [0.29, 0.717) is 11.6 Å². The van der Waals surface area contributed by atoms with Gasteiger partial charge in [0.1, 0.15) is 4.90 Å². The van der Waals surface area contributed by atoms with Crippen molar-refractivity contribution in [1.82, 2.24) is 14.5 Å². The number of nitrogens with two attached hydrogens (primary N) is 1. The molecule has 102 valence electrons. The van der Waals surface area contributed by atoms with E-state index in [9.17, 15) is 8.42 Å². The first-order chi connectivity index (χ1) is 8.36. The van der Waals surface area contributed by atoms with Crippen molar-refractivity contribution in [3.63, 3.8) is 0 Å². The summed E-state index contributed by atoms with van der Waals surface area (Å²) >= 11 is 0. The van der Waals surface area contributed by atoms with Crippen molar-refractivity contribution in [3.05, 3.63) is 5.69 Å². The molecule has 0 saturated heterocycles. The molecule has 0 aliphatic heterocycles. The molecule has 0 radical (unpaired) electrons. The monoisotopic (exact) mass is 272 g/mol. The molecule has 1 aromatic heterocycles. The summed E-state index contributed by atoms with van der Waals surface area (Å²) in [6.07, 6.45) is 3.07. The van der Waals surface area contributed by atoms with Gasteiger partial charge >= 0.3 is 0 Å². The molecule has 1 aromatic rings. The average Bonchev–Trinajstić information content (AvgIpc) is 2.88. The van der Waals surface area contributed by atoms with Crippen LogP contribution in [-0.4, -0.2) is 24.2 Å². The van der Waals surface area contributed by atoms with Crippen LogP contribution in [0.2, 0.25) is 0 Å². The molecule has 3 N–H and O–H groups in total. The zero-order valence-electron chi connectivity index (χ0n) is 11.0. The first-order valence-electron chi connectivity index (χ1n) is 6.18. The molecule has 0 amide bonds. The van der Waals surface area contributed by atoms with Gasteiger partial charge in [-0.15, -0.1) is 0 Å². The number of hydrogen-bond donors (Lipinski definition) is 2. The second-order valence-electron chi connectivity index (χ2n) is 4.94. The van der Waals surface area contributed by atoms with Gasteiger partial charge < -0.3 is 5.73 Å². The number of nitrogens with one attached hydrogen (secondary N) is 1. The molecule has 0 spiro atoms. The highest BCUT2D eigenvalue weighted by molar-refractivity contribution is 7.89. The largest absolute Gasteiger partial charge is 0.381 e. The Bertz CT molecular complexity index is 550. The van der Waals surface area contributed by atoms with Crippen molar-refractivity contribution < 1.29 is 8.42 Å². The molecule has 0 bridgehead atoms. The SMILES string of the molecule is CCCC1CC1NS(=O)(=O)c1c(N)nn(C)c1C. The minimum absolute atomic E-state index is 0.0638. The van der Waals surface area contributed by atoms with Crippen molar-refractivity contribution in [2.24, 2.45) is 13.0 Å². The lowest BCUT2D eigenvalue weighted by molar-refractivity contribution is 0.572. The number of hydrogen-bond acceptors (Lipinski definition) is 4. The van der Waals surface area contributed by atoms with Crippen LogP contribution >= 0.6 is 0 Å². The van der Waals surface area contributed by atoms with E-state index in [-0.39, 0.29) is 16.8 Å². The van der Waals surface area contributed by atoms with Gasteiger partial charge in [-0.3, -0.25) is 4.68 Å². The van der Waals surface area contributed by atoms with Gasteiger partial charge in [-0.1, -0.05) is 13.3 Å². The smallest absolute Gasteiger partial charge is 0.246 e. The predicted molar refractivity (Wildman–Crippen MR) is 69.5 cm³/mol. The summed E-state index contributed by atoms with van der Waals surface area (Å²) in [5.74, 6) is 0.540. The number of sulfonamides is 1. The molecule has 1 heterocycles. The molecule has 18 heavy (non-hydrogen) atoms. The summed E-state index contributed by atoms with van der Waals surface area (Å²) < 4.78 is 28.7. The van der Waals surface area contributed by atoms with E-state index in [1.165, 1.54) is 4.68 Å². The van der Waals surface area contributed by atoms with Gasteiger partial charge in [0, 0.05) is 13.1 Å². The lowest BCUT2D eigenvalue weighted by Crippen LogP contribution is -2.28. The molecular formula is C11H20N4O2S. The Morgan fingerprint density at radius 3 is 2.72 bits per heavy atom. The number of aryl methyl sites for hydroxylation is 1. The molecule has 1 aliphatic carbocycles. The van der Waals surface area contributed by atoms with E-state index in [0.717, 1.165) is 19.3 Å². The van der Waals surface area contributed by atoms with E-state index in [1.54, 1.807) is 14.0 Å². The fourth-order valence-corrected chi connectivity index (χ4v) is 3.93. The van der Waals surface area contributed by atoms with Crippen molar-refractivity contribution in [1.29, 1.82) is 0 Å². The Morgan fingerprint density at radius 2 is 2.22 bits per heavy atom. The highest BCUT2D eigenvalue weighted by Gasteiger charge is 2.40. The fraction of sp³-hybridized carbons (Fsp3) is 0.727. The Kier molecular flexibility index (Phi) is 3.37. The van der Waals surface area contributed by atoms with E-state index >= 15 is 0 Å². The van der Waals surface area contributed by atoms with Crippen molar-refractivity contribution in [3.8, 4) is 0 Å². The third kappa shape index (κ3) is 2.37. The maximum absolute atomic E-state index is 12.2. The third-order valence-corrected chi connectivity index (χ3v) is 5.12. The van der Waals surface area contributed by atoms with Crippen LogP contribution in [0.4, 0.5) is 5.82 Å². The number of aromatic nitrogens is 2. The molecule has 2 atom stereocenters. The molecule has 6 nitrogen and oxygen atoms in total. The summed E-state index contributed by atoms with van der Waals surface area (Å²) in [6, 6.07) is 0.0638. The second-order valence-corrected chi connectivity index (χ2v) is 6.59. The minimum Gasteiger partial charge on any atom is -0.381 e. The first-order valence-corrected chi connectivity index (χ1v) is 7.66. The number of nitrogens with zero attached hydrogens (tertiary/aromatic N) is 2. The first kappa shape index (κ1) is 13.4. The number of rotatable bonds is 5. The van der Waals surface area contributed by atoms with Crippen LogP contribution in [0.25, 0.3) is 0 Å². The number of anilines is 1. The minimum atomic E-state index is -3.55. The van der Waals surface area contributed by atoms with Gasteiger partial charge in [0.15, 0.2) is 5.82 Å². The molecule has 0 aromatic carbocycles. The lowest BCUT2D eigenvalue weighted by Gasteiger charge is -2.06. The molecule has 1 aliphatic rings. The van der Waals surface area contributed by atoms with Gasteiger partial charge in [-0.05, 0) is 25.7 Å². The molecule has 2 unspecified atom stereocenters. The lowest BCUT2D eigenvalue weighted by atomic mass is 10.2. The molecular weight excluding hydrogens is 252 g/mol. The van der Waals surface area contributed by atoms with Crippen molar-refractivity contribution in [2.45, 2.75) is 44.0 Å². The maximum atomic E-state index is 12.2. The van der Waals surface area contributed by atoms with Crippen LogP contribution in [0.15, 0.2) is 4.90 Å². The fourth-order valence-electron chi connectivity index (χ4n) is 2.29. The molecule has 7 heteroatoms.